The Morgan fingerprint density at radius 3 is 2.79 bits per heavy atom. The Balaban J connectivity index is 1.22. The van der Waals surface area contributed by atoms with Gasteiger partial charge < -0.3 is 19.1 Å². The van der Waals surface area contributed by atoms with Gasteiger partial charge in [-0.15, -0.1) is 0 Å². The number of furan rings is 2. The molecule has 2 N–H and O–H groups in total. The van der Waals surface area contributed by atoms with E-state index in [1.807, 2.05) is 30.3 Å². The van der Waals surface area contributed by atoms with Gasteiger partial charge in [-0.3, -0.25) is 9.69 Å². The number of likely N-dealkylation sites (tertiary alicyclic amines) is 1. The zero-order valence-corrected chi connectivity index (χ0v) is 19.2. The van der Waals surface area contributed by atoms with Crippen molar-refractivity contribution in [1.82, 2.24) is 15.2 Å². The summed E-state index contributed by atoms with van der Waals surface area (Å²) in [6, 6.07) is 11.8. The lowest BCUT2D eigenvalue weighted by atomic mass is 10.0. The second kappa shape index (κ2) is 9.89. The number of H-pyrrole nitrogens is 1. The first-order valence-electron chi connectivity index (χ1n) is 11.6. The van der Waals surface area contributed by atoms with E-state index in [0.717, 1.165) is 60.1 Å². The fourth-order valence-corrected chi connectivity index (χ4v) is 5.01. The Hall–Kier alpha value is -2.96. The Kier molecular flexibility index (Phi) is 6.55. The van der Waals surface area contributed by atoms with Crippen molar-refractivity contribution in [1.29, 1.82) is 0 Å². The normalized spacial score (nSPS) is 15.3. The molecule has 0 saturated carbocycles. The molecule has 0 radical (unpaired) electrons. The van der Waals surface area contributed by atoms with Gasteiger partial charge in [-0.25, -0.2) is 0 Å². The van der Waals surface area contributed by atoms with Crippen LogP contribution in [0.1, 0.15) is 54.4 Å². The summed E-state index contributed by atoms with van der Waals surface area (Å²) in [5.41, 5.74) is 3.05. The third-order valence-electron chi connectivity index (χ3n) is 6.44. The van der Waals surface area contributed by atoms with E-state index in [0.29, 0.717) is 23.3 Å². The van der Waals surface area contributed by atoms with E-state index in [4.69, 9.17) is 20.4 Å². The minimum atomic E-state index is -0.124. The number of aromatic amines is 1. The maximum absolute atomic E-state index is 13.1. The van der Waals surface area contributed by atoms with Crippen molar-refractivity contribution in [2.75, 3.05) is 19.6 Å². The van der Waals surface area contributed by atoms with Gasteiger partial charge in [0.05, 0.1) is 24.8 Å². The molecule has 1 unspecified atom stereocenters. The molecule has 1 fully saturated rings. The minimum absolute atomic E-state index is 0.124. The molecular weight excluding hydrogens is 438 g/mol. The van der Waals surface area contributed by atoms with Crippen LogP contribution in [0.2, 0.25) is 5.02 Å². The lowest BCUT2D eigenvalue weighted by Gasteiger charge is -2.25. The minimum Gasteiger partial charge on any atom is -0.472 e. The summed E-state index contributed by atoms with van der Waals surface area (Å²) in [4.78, 5) is 18.9. The first kappa shape index (κ1) is 21.9. The van der Waals surface area contributed by atoms with Gasteiger partial charge in [0.1, 0.15) is 11.5 Å². The maximum Gasteiger partial charge on any atom is 0.268 e. The average molecular weight is 466 g/mol. The van der Waals surface area contributed by atoms with E-state index in [-0.39, 0.29) is 5.91 Å². The Morgan fingerprint density at radius 1 is 1.15 bits per heavy atom. The van der Waals surface area contributed by atoms with Crippen LogP contribution in [0.15, 0.2) is 64.0 Å². The van der Waals surface area contributed by atoms with Crippen LogP contribution in [0.4, 0.5) is 0 Å². The third kappa shape index (κ3) is 4.72. The largest absolute Gasteiger partial charge is 0.472 e. The molecule has 3 aromatic heterocycles. The number of unbranched alkanes of at least 4 members (excludes halogenated alkanes) is 1. The van der Waals surface area contributed by atoms with Crippen LogP contribution >= 0.6 is 11.6 Å². The van der Waals surface area contributed by atoms with Crippen LogP contribution in [0.5, 0.6) is 0 Å². The van der Waals surface area contributed by atoms with Gasteiger partial charge in [0.25, 0.3) is 5.91 Å². The van der Waals surface area contributed by atoms with E-state index >= 15 is 0 Å². The van der Waals surface area contributed by atoms with E-state index in [1.54, 1.807) is 18.8 Å². The summed E-state index contributed by atoms with van der Waals surface area (Å²) in [6.07, 6.45) is 10.5. The van der Waals surface area contributed by atoms with Crippen LogP contribution in [-0.2, 0) is 0 Å². The lowest BCUT2D eigenvalue weighted by molar-refractivity contribution is 0.0949. The summed E-state index contributed by atoms with van der Waals surface area (Å²) in [5, 5.41) is 4.61. The second-order valence-electron chi connectivity index (χ2n) is 8.60. The highest BCUT2D eigenvalue weighted by Crippen LogP contribution is 2.34. The Morgan fingerprint density at radius 2 is 2.03 bits per heavy atom. The number of hydrogen-bond acceptors (Lipinski definition) is 4. The van der Waals surface area contributed by atoms with Gasteiger partial charge >= 0.3 is 0 Å². The number of fused-ring (bicyclic) bond motifs is 1. The molecule has 1 atom stereocenters. The van der Waals surface area contributed by atoms with Crippen LogP contribution in [-0.4, -0.2) is 35.4 Å². The zero-order valence-electron chi connectivity index (χ0n) is 18.5. The number of benzene rings is 1. The summed E-state index contributed by atoms with van der Waals surface area (Å²) >= 11 is 6.22. The molecule has 4 aromatic rings. The van der Waals surface area contributed by atoms with Crippen LogP contribution in [0.25, 0.3) is 22.0 Å². The molecule has 1 amide bonds. The number of carbonyl (C=O) groups excluding carboxylic acids is 1. The third-order valence-corrected chi connectivity index (χ3v) is 6.68. The lowest BCUT2D eigenvalue weighted by Crippen LogP contribution is -2.27. The highest BCUT2D eigenvalue weighted by molar-refractivity contribution is 6.31. The molecule has 7 heteroatoms. The van der Waals surface area contributed by atoms with Gasteiger partial charge in [0.2, 0.25) is 0 Å². The monoisotopic (exact) mass is 465 g/mol. The van der Waals surface area contributed by atoms with E-state index in [9.17, 15) is 4.79 Å². The number of nitrogens with one attached hydrogen (secondary N) is 2. The van der Waals surface area contributed by atoms with Crippen molar-refractivity contribution >= 4 is 28.4 Å². The van der Waals surface area contributed by atoms with Crippen LogP contribution in [0.3, 0.4) is 0 Å². The number of hydrogen-bond donors (Lipinski definition) is 2. The summed E-state index contributed by atoms with van der Waals surface area (Å²) in [5.74, 6) is 0.920. The first-order chi connectivity index (χ1) is 16.2. The maximum atomic E-state index is 13.1. The smallest absolute Gasteiger partial charge is 0.268 e. The predicted octanol–water partition coefficient (Wildman–Crippen LogP) is 6.41. The number of halogens is 1. The van der Waals surface area contributed by atoms with Gasteiger partial charge in [0.15, 0.2) is 0 Å². The van der Waals surface area contributed by atoms with E-state index in [1.165, 1.54) is 12.8 Å². The molecule has 1 aliphatic heterocycles. The molecule has 5 rings (SSSR count). The van der Waals surface area contributed by atoms with Gasteiger partial charge in [-0.2, -0.15) is 0 Å². The van der Waals surface area contributed by atoms with Crippen LogP contribution in [0, 0.1) is 0 Å². The number of rotatable bonds is 9. The Labute approximate surface area is 197 Å². The molecule has 33 heavy (non-hydrogen) atoms. The molecule has 0 bridgehead atoms. The highest BCUT2D eigenvalue weighted by Gasteiger charge is 2.25. The van der Waals surface area contributed by atoms with Crippen molar-refractivity contribution < 1.29 is 13.6 Å². The molecule has 4 heterocycles. The van der Waals surface area contributed by atoms with Crippen molar-refractivity contribution in [2.24, 2.45) is 0 Å². The molecule has 1 saturated heterocycles. The predicted molar refractivity (Wildman–Crippen MR) is 129 cm³/mol. The number of nitrogens with zero attached hydrogens (tertiary/aromatic N) is 1. The summed E-state index contributed by atoms with van der Waals surface area (Å²) in [7, 11) is 0. The first-order valence-corrected chi connectivity index (χ1v) is 12.0. The van der Waals surface area contributed by atoms with Crippen molar-refractivity contribution in [3.8, 4) is 11.1 Å². The van der Waals surface area contributed by atoms with Gasteiger partial charge in [0, 0.05) is 33.6 Å². The van der Waals surface area contributed by atoms with Crippen molar-refractivity contribution in [3.63, 3.8) is 0 Å². The quantitative estimate of drug-likeness (QED) is 0.280. The van der Waals surface area contributed by atoms with Gasteiger partial charge in [-0.1, -0.05) is 11.6 Å². The molecule has 172 valence electrons. The fourth-order valence-electron chi connectivity index (χ4n) is 4.83. The fraction of sp³-hybridized carbons (Fsp3) is 0.346. The molecule has 0 spiro atoms. The van der Waals surface area contributed by atoms with Crippen molar-refractivity contribution in [2.45, 2.75) is 38.1 Å². The standard InChI is InChI=1S/C26H28ClN3O3/c27-19-8-9-21-20(16-19)24(18-10-15-32-17-18)25(29-21)26(31)28-11-2-1-6-22(23-7-5-14-33-23)30-12-3-4-13-30/h5,7-10,14-17,22,29H,1-4,6,11-13H2,(H,28,31). The van der Waals surface area contributed by atoms with Crippen LogP contribution < -0.4 is 5.32 Å². The molecule has 1 aliphatic rings. The number of carbonyl (C=O) groups is 1. The molecule has 1 aromatic carbocycles. The molecule has 6 nitrogen and oxygen atoms in total. The van der Waals surface area contributed by atoms with Gasteiger partial charge in [-0.05, 0) is 81.6 Å². The number of amides is 1. The highest BCUT2D eigenvalue weighted by atomic mass is 35.5. The summed E-state index contributed by atoms with van der Waals surface area (Å²) < 4.78 is 11.0. The van der Waals surface area contributed by atoms with E-state index in [2.05, 4.69) is 21.3 Å². The Bertz CT molecular complexity index is 1190. The summed E-state index contributed by atoms with van der Waals surface area (Å²) in [6.45, 7) is 2.87. The zero-order chi connectivity index (χ0) is 22.6. The van der Waals surface area contributed by atoms with Crippen molar-refractivity contribution in [3.05, 3.63) is 71.7 Å². The molecule has 0 aliphatic carbocycles. The second-order valence-corrected chi connectivity index (χ2v) is 9.04. The number of aromatic nitrogens is 1. The van der Waals surface area contributed by atoms with E-state index < -0.39 is 0 Å². The SMILES string of the molecule is O=C(NCCCCC(c1ccco1)N1CCCC1)c1[nH]c2ccc(Cl)cc2c1-c1ccoc1. The topological polar surface area (TPSA) is 74.4 Å². The molecular formula is C26H28ClN3O3. The average Bonchev–Trinajstić information content (AvgIpc) is 3.62.